The quantitative estimate of drug-likeness (QED) is 0.442. The Kier molecular flexibility index (Phi) is 8.83. The summed E-state index contributed by atoms with van der Waals surface area (Å²) < 4.78 is 20.2. The second-order valence-electron chi connectivity index (χ2n) is 7.78. The molecular weight excluding hydrogens is 502 g/mol. The van der Waals surface area contributed by atoms with Crippen LogP contribution in [0.15, 0.2) is 48.7 Å². The van der Waals surface area contributed by atoms with Crippen LogP contribution in [0.2, 0.25) is 0 Å². The molecule has 2 N–H and O–H groups in total. The van der Waals surface area contributed by atoms with E-state index in [0.29, 0.717) is 43.7 Å². The predicted octanol–water partition coefficient (Wildman–Crippen LogP) is 3.59. The zero-order valence-electron chi connectivity index (χ0n) is 18.3. The molecule has 33 heavy (non-hydrogen) atoms. The van der Waals surface area contributed by atoms with Crippen molar-refractivity contribution in [2.24, 2.45) is 0 Å². The Morgan fingerprint density at radius 1 is 1.24 bits per heavy atom. The van der Waals surface area contributed by atoms with E-state index >= 15 is 0 Å². The molecule has 1 aliphatic rings. The number of hydrogen-bond donors (Lipinski definition) is 2. The molecule has 10 heteroatoms. The second kappa shape index (κ2) is 11.6. The van der Waals surface area contributed by atoms with E-state index in [4.69, 9.17) is 4.74 Å². The fraction of sp³-hybridized carbons (Fsp3) is 0.304. The molecule has 2 aromatic carbocycles. The zero-order chi connectivity index (χ0) is 22.5. The predicted molar refractivity (Wildman–Crippen MR) is 116 cm³/mol. The monoisotopic (exact) mass is 526 g/mol. The van der Waals surface area contributed by atoms with Crippen LogP contribution < -0.4 is 10.2 Å². The van der Waals surface area contributed by atoms with Crippen molar-refractivity contribution in [3.8, 4) is 11.1 Å². The van der Waals surface area contributed by atoms with Crippen LogP contribution in [-0.4, -0.2) is 39.9 Å². The Bertz CT molecular complexity index is 1090. The summed E-state index contributed by atoms with van der Waals surface area (Å²) >= 11 is 0. The van der Waals surface area contributed by atoms with E-state index < -0.39 is 11.9 Å². The van der Waals surface area contributed by atoms with E-state index in [1.807, 2.05) is 24.3 Å². The van der Waals surface area contributed by atoms with Crippen molar-refractivity contribution >= 4 is 17.6 Å². The Labute approximate surface area is 216 Å². The van der Waals surface area contributed by atoms with E-state index in [0.717, 1.165) is 16.8 Å². The molecule has 169 valence electrons. The topological polar surface area (TPSA) is 100 Å². The molecule has 1 atom stereocenters. The normalized spacial score (nSPS) is 15.3. The molecule has 0 saturated carbocycles. The summed E-state index contributed by atoms with van der Waals surface area (Å²) in [5.41, 5.74) is 3.53. The summed E-state index contributed by atoms with van der Waals surface area (Å²) in [6.07, 6.45) is 1.60. The number of amides is 1. The van der Waals surface area contributed by atoms with Crippen molar-refractivity contribution in [2.75, 3.05) is 11.4 Å². The van der Waals surface area contributed by atoms with Crippen molar-refractivity contribution in [3.05, 3.63) is 65.7 Å². The first-order valence-electron chi connectivity index (χ1n) is 10.4. The molecule has 1 fully saturated rings. The number of hydrogen-bond acceptors (Lipinski definition) is 6. The summed E-state index contributed by atoms with van der Waals surface area (Å²) in [6.45, 7) is 3.06. The van der Waals surface area contributed by atoms with Gasteiger partial charge in [-0.15, -0.1) is 0 Å². The van der Waals surface area contributed by atoms with Gasteiger partial charge in [-0.1, -0.05) is 24.3 Å². The minimum Gasteiger partial charge on any atom is -0.444 e. The maximum atomic E-state index is 14.9. The van der Waals surface area contributed by atoms with Gasteiger partial charge in [-0.25, -0.2) is 9.18 Å². The standard InChI is InChI=1S/C23H24FN5O3.Y/c1-15(30)2-8-20-14-29(23(31)32-20)19-7-9-21(22(24)10-19)17-5-3-16(4-6-17)11-25-12-18-13-26-28-27-18;/h3-7,9-10,13,20,25H,2,8,11-12,14H2,1H3,(H,26,27,28);/t20-;/m0./s1. The van der Waals surface area contributed by atoms with Crippen LogP contribution in [-0.2, 0) is 55.3 Å². The SMILES string of the molecule is CC(=O)CC[C@H]1CN(c2ccc(-c3ccc(CNCc4cn[nH]n4)cc3)c(F)c2)C(=O)O1.[Y]. The minimum absolute atomic E-state index is 0. The third kappa shape index (κ3) is 6.53. The maximum Gasteiger partial charge on any atom is 0.414 e. The van der Waals surface area contributed by atoms with Crippen LogP contribution >= 0.6 is 0 Å². The summed E-state index contributed by atoms with van der Waals surface area (Å²) in [5.74, 6) is -0.369. The average Bonchev–Trinajstić information content (AvgIpc) is 3.42. The summed E-state index contributed by atoms with van der Waals surface area (Å²) in [4.78, 5) is 24.7. The average molecular weight is 526 g/mol. The fourth-order valence-corrected chi connectivity index (χ4v) is 3.60. The molecule has 0 unspecified atom stereocenters. The number of nitrogens with one attached hydrogen (secondary N) is 2. The van der Waals surface area contributed by atoms with Gasteiger partial charge in [0.15, 0.2) is 0 Å². The van der Waals surface area contributed by atoms with Crippen LogP contribution in [0, 0.1) is 5.82 Å². The third-order valence-electron chi connectivity index (χ3n) is 5.32. The van der Waals surface area contributed by atoms with E-state index in [2.05, 4.69) is 20.7 Å². The second-order valence-corrected chi connectivity index (χ2v) is 7.78. The Morgan fingerprint density at radius 3 is 2.70 bits per heavy atom. The van der Waals surface area contributed by atoms with Gasteiger partial charge in [0.25, 0.3) is 0 Å². The molecule has 1 aliphatic heterocycles. The number of ether oxygens (including phenoxy) is 1. The number of nitrogens with zero attached hydrogens (tertiary/aromatic N) is 3. The van der Waals surface area contributed by atoms with Crippen molar-refractivity contribution in [1.82, 2.24) is 20.7 Å². The molecule has 3 aromatic rings. The summed E-state index contributed by atoms with van der Waals surface area (Å²) in [5, 5.41) is 13.6. The molecule has 2 heterocycles. The van der Waals surface area contributed by atoms with Crippen LogP contribution in [0.5, 0.6) is 0 Å². The van der Waals surface area contributed by atoms with Crippen LogP contribution in [0.3, 0.4) is 0 Å². The van der Waals surface area contributed by atoms with Gasteiger partial charge in [-0.3, -0.25) is 4.90 Å². The largest absolute Gasteiger partial charge is 0.444 e. The number of aromatic nitrogens is 3. The number of Topliss-reactive ketones (excluding diaryl/α,β-unsaturated/α-hetero) is 1. The first-order chi connectivity index (χ1) is 15.5. The first-order valence-corrected chi connectivity index (χ1v) is 10.4. The van der Waals surface area contributed by atoms with Gasteiger partial charge in [0, 0.05) is 57.8 Å². The number of carbonyl (C=O) groups excluding carboxylic acids is 2. The van der Waals surface area contributed by atoms with Gasteiger partial charge >= 0.3 is 6.09 Å². The van der Waals surface area contributed by atoms with Gasteiger partial charge in [-0.2, -0.15) is 15.4 Å². The molecule has 1 amide bonds. The molecule has 0 spiro atoms. The number of H-pyrrole nitrogens is 1. The number of anilines is 1. The van der Waals surface area contributed by atoms with E-state index in [1.54, 1.807) is 18.3 Å². The van der Waals surface area contributed by atoms with Crippen molar-refractivity contribution in [3.63, 3.8) is 0 Å². The summed E-state index contributed by atoms with van der Waals surface area (Å²) in [6, 6.07) is 12.3. The van der Waals surface area contributed by atoms with Gasteiger partial charge in [0.2, 0.25) is 0 Å². The molecule has 1 saturated heterocycles. The fourth-order valence-electron chi connectivity index (χ4n) is 3.60. The van der Waals surface area contributed by atoms with Gasteiger partial charge in [-0.05, 0) is 42.7 Å². The molecule has 0 aliphatic carbocycles. The van der Waals surface area contributed by atoms with Crippen molar-refractivity contribution in [2.45, 2.75) is 39.0 Å². The summed E-state index contributed by atoms with van der Waals surface area (Å²) in [7, 11) is 0. The third-order valence-corrected chi connectivity index (χ3v) is 5.32. The van der Waals surface area contributed by atoms with Crippen molar-refractivity contribution < 1.29 is 51.4 Å². The zero-order valence-corrected chi connectivity index (χ0v) is 21.1. The number of benzene rings is 2. The number of rotatable bonds is 9. The van der Waals surface area contributed by atoms with Gasteiger partial charge in [0.1, 0.15) is 17.7 Å². The van der Waals surface area contributed by atoms with Crippen LogP contribution in [0.1, 0.15) is 31.0 Å². The van der Waals surface area contributed by atoms with E-state index in [9.17, 15) is 14.0 Å². The van der Waals surface area contributed by atoms with Gasteiger partial charge < -0.3 is 14.8 Å². The molecular formula is C23H24FN5O3Y. The molecule has 0 bridgehead atoms. The van der Waals surface area contributed by atoms with E-state index in [-0.39, 0.29) is 44.6 Å². The van der Waals surface area contributed by atoms with Crippen LogP contribution in [0.25, 0.3) is 11.1 Å². The first kappa shape index (κ1) is 25.1. The minimum atomic E-state index is -0.520. The van der Waals surface area contributed by atoms with E-state index in [1.165, 1.54) is 17.9 Å². The number of carbonyl (C=O) groups is 2. The number of cyclic esters (lactones) is 1. The van der Waals surface area contributed by atoms with Crippen molar-refractivity contribution in [1.29, 1.82) is 0 Å². The van der Waals surface area contributed by atoms with Gasteiger partial charge in [0.05, 0.1) is 24.1 Å². The Morgan fingerprint density at radius 2 is 2.03 bits per heavy atom. The van der Waals surface area contributed by atoms with Crippen LogP contribution in [0.4, 0.5) is 14.9 Å². The molecule has 1 aromatic heterocycles. The molecule has 8 nitrogen and oxygen atoms in total. The molecule has 4 rings (SSSR count). The Balaban J connectivity index is 0.00000306. The number of ketones is 1. The smallest absolute Gasteiger partial charge is 0.414 e. The Hall–Kier alpha value is -2.49. The molecule has 1 radical (unpaired) electrons. The number of halogens is 1. The number of aromatic amines is 1. The maximum absolute atomic E-state index is 14.9.